The molecule has 0 radical (unpaired) electrons. The van der Waals surface area contributed by atoms with Gasteiger partial charge in [0, 0.05) is 10.8 Å². The Morgan fingerprint density at radius 2 is 2.16 bits per heavy atom. The van der Waals surface area contributed by atoms with E-state index in [1.165, 1.54) is 4.88 Å². The average Bonchev–Trinajstić information content (AvgIpc) is 3.15. The molecule has 1 aliphatic rings. The number of aromatic carboxylic acids is 1. The van der Waals surface area contributed by atoms with Crippen molar-refractivity contribution < 1.29 is 9.90 Å². The molecule has 2 aromatic heterocycles. The molecule has 1 fully saturated rings. The molecule has 0 unspecified atom stereocenters. The standard InChI is InChI=1S/C15H15NO2S/c1-2-10-5-8-13(19-10)12-7-6-11(15(17)18)14(16-12)9-3-4-9/h5-9H,2-4H2,1H3,(H,17,18). The van der Waals surface area contributed by atoms with Gasteiger partial charge in [0.15, 0.2) is 0 Å². The number of hydrogen-bond acceptors (Lipinski definition) is 3. The molecule has 3 rings (SSSR count). The van der Waals surface area contributed by atoms with Gasteiger partial charge in [-0.3, -0.25) is 4.98 Å². The van der Waals surface area contributed by atoms with E-state index in [1.54, 1.807) is 17.4 Å². The van der Waals surface area contributed by atoms with Crippen molar-refractivity contribution in [2.24, 2.45) is 0 Å². The Morgan fingerprint density at radius 3 is 2.74 bits per heavy atom. The molecule has 0 spiro atoms. The summed E-state index contributed by atoms with van der Waals surface area (Å²) in [5.41, 5.74) is 2.02. The molecule has 2 heterocycles. The SMILES string of the molecule is CCc1ccc(-c2ccc(C(=O)O)c(C3CC3)n2)s1. The number of carboxylic acids is 1. The van der Waals surface area contributed by atoms with E-state index >= 15 is 0 Å². The van der Waals surface area contributed by atoms with E-state index in [2.05, 4.69) is 24.0 Å². The Hall–Kier alpha value is -1.68. The summed E-state index contributed by atoms with van der Waals surface area (Å²) in [5.74, 6) is -0.530. The number of rotatable bonds is 4. The summed E-state index contributed by atoms with van der Waals surface area (Å²) in [6.07, 6.45) is 3.14. The second kappa shape index (κ2) is 4.78. The van der Waals surface area contributed by atoms with Crippen LogP contribution in [0.4, 0.5) is 0 Å². The quantitative estimate of drug-likeness (QED) is 0.917. The minimum absolute atomic E-state index is 0.344. The van der Waals surface area contributed by atoms with E-state index in [0.717, 1.165) is 35.5 Å². The Bertz CT molecular complexity index is 629. The lowest BCUT2D eigenvalue weighted by Crippen LogP contribution is -2.04. The number of nitrogens with zero attached hydrogens (tertiary/aromatic N) is 1. The number of hydrogen-bond donors (Lipinski definition) is 1. The minimum atomic E-state index is -0.874. The first-order chi connectivity index (χ1) is 9.19. The van der Waals surface area contributed by atoms with Gasteiger partial charge in [-0.25, -0.2) is 4.79 Å². The summed E-state index contributed by atoms with van der Waals surface area (Å²) in [7, 11) is 0. The second-order valence-corrected chi connectivity index (χ2v) is 6.00. The fourth-order valence-electron chi connectivity index (χ4n) is 2.17. The van der Waals surface area contributed by atoms with Gasteiger partial charge in [0.1, 0.15) is 0 Å². The zero-order chi connectivity index (χ0) is 13.4. The van der Waals surface area contributed by atoms with Crippen molar-refractivity contribution in [3.8, 4) is 10.6 Å². The number of thiophene rings is 1. The van der Waals surface area contributed by atoms with E-state index < -0.39 is 5.97 Å². The van der Waals surface area contributed by atoms with E-state index in [1.807, 2.05) is 6.07 Å². The maximum absolute atomic E-state index is 11.2. The lowest BCUT2D eigenvalue weighted by atomic mass is 10.1. The molecule has 19 heavy (non-hydrogen) atoms. The third-order valence-corrected chi connectivity index (χ3v) is 4.63. The van der Waals surface area contributed by atoms with Crippen LogP contribution >= 0.6 is 11.3 Å². The topological polar surface area (TPSA) is 50.2 Å². The summed E-state index contributed by atoms with van der Waals surface area (Å²) in [6, 6.07) is 7.71. The highest BCUT2D eigenvalue weighted by Gasteiger charge is 2.30. The third-order valence-electron chi connectivity index (χ3n) is 3.38. The van der Waals surface area contributed by atoms with Crippen LogP contribution in [0.25, 0.3) is 10.6 Å². The van der Waals surface area contributed by atoms with Gasteiger partial charge in [0.2, 0.25) is 0 Å². The molecule has 0 amide bonds. The maximum atomic E-state index is 11.2. The van der Waals surface area contributed by atoms with Crippen LogP contribution in [0.2, 0.25) is 0 Å². The molecule has 1 aliphatic carbocycles. The van der Waals surface area contributed by atoms with Gasteiger partial charge >= 0.3 is 5.97 Å². The van der Waals surface area contributed by atoms with Crippen LogP contribution in [-0.2, 0) is 6.42 Å². The number of pyridine rings is 1. The van der Waals surface area contributed by atoms with Crippen LogP contribution in [0.5, 0.6) is 0 Å². The summed E-state index contributed by atoms with van der Waals surface area (Å²) >= 11 is 1.73. The zero-order valence-corrected chi connectivity index (χ0v) is 11.5. The predicted molar refractivity (Wildman–Crippen MR) is 75.9 cm³/mol. The van der Waals surface area contributed by atoms with E-state index in [4.69, 9.17) is 0 Å². The predicted octanol–water partition coefficient (Wildman–Crippen LogP) is 3.95. The van der Waals surface area contributed by atoms with Crippen molar-refractivity contribution in [1.82, 2.24) is 4.98 Å². The van der Waals surface area contributed by atoms with Crippen LogP contribution in [0.15, 0.2) is 24.3 Å². The second-order valence-electron chi connectivity index (χ2n) is 4.83. The lowest BCUT2D eigenvalue weighted by Gasteiger charge is -2.06. The number of aromatic nitrogens is 1. The summed E-state index contributed by atoms with van der Waals surface area (Å²) in [5, 5.41) is 9.21. The molecule has 4 heteroatoms. The van der Waals surface area contributed by atoms with Crippen LogP contribution in [0, 0.1) is 0 Å². The molecule has 0 bridgehead atoms. The Labute approximate surface area is 115 Å². The highest BCUT2D eigenvalue weighted by molar-refractivity contribution is 7.15. The Morgan fingerprint density at radius 1 is 1.37 bits per heavy atom. The van der Waals surface area contributed by atoms with Gasteiger partial charge < -0.3 is 5.11 Å². The Kier molecular flexibility index (Phi) is 3.11. The van der Waals surface area contributed by atoms with Crippen molar-refractivity contribution in [3.63, 3.8) is 0 Å². The van der Waals surface area contributed by atoms with E-state index in [0.29, 0.717) is 11.5 Å². The minimum Gasteiger partial charge on any atom is -0.478 e. The van der Waals surface area contributed by atoms with Crippen LogP contribution < -0.4 is 0 Å². The van der Waals surface area contributed by atoms with Gasteiger partial charge in [0.25, 0.3) is 0 Å². The highest BCUT2D eigenvalue weighted by Crippen LogP contribution is 2.41. The molecule has 0 aliphatic heterocycles. The maximum Gasteiger partial charge on any atom is 0.337 e. The number of aryl methyl sites for hydroxylation is 1. The molecule has 2 aromatic rings. The molecule has 0 atom stereocenters. The largest absolute Gasteiger partial charge is 0.478 e. The number of carbonyl (C=O) groups is 1. The monoisotopic (exact) mass is 273 g/mol. The van der Waals surface area contributed by atoms with E-state index in [9.17, 15) is 9.90 Å². The summed E-state index contributed by atoms with van der Waals surface area (Å²) in [6.45, 7) is 2.13. The molecular formula is C15H15NO2S. The van der Waals surface area contributed by atoms with Crippen LogP contribution in [0.1, 0.15) is 46.6 Å². The average molecular weight is 273 g/mol. The molecule has 1 N–H and O–H groups in total. The van der Waals surface area contributed by atoms with Crippen molar-refractivity contribution >= 4 is 17.3 Å². The van der Waals surface area contributed by atoms with E-state index in [-0.39, 0.29) is 0 Å². The first-order valence-electron chi connectivity index (χ1n) is 6.52. The summed E-state index contributed by atoms with van der Waals surface area (Å²) in [4.78, 5) is 18.3. The molecular weight excluding hydrogens is 258 g/mol. The summed E-state index contributed by atoms with van der Waals surface area (Å²) < 4.78 is 0. The van der Waals surface area contributed by atoms with Gasteiger partial charge in [0.05, 0.1) is 21.8 Å². The third kappa shape index (κ3) is 2.40. The molecule has 1 saturated carbocycles. The first-order valence-corrected chi connectivity index (χ1v) is 7.34. The molecule has 3 nitrogen and oxygen atoms in total. The number of carboxylic acid groups (broad SMARTS) is 1. The molecule has 0 saturated heterocycles. The van der Waals surface area contributed by atoms with Crippen molar-refractivity contribution in [3.05, 3.63) is 40.4 Å². The fourth-order valence-corrected chi connectivity index (χ4v) is 3.08. The zero-order valence-electron chi connectivity index (χ0n) is 10.7. The fraction of sp³-hybridized carbons (Fsp3) is 0.333. The van der Waals surface area contributed by atoms with Crippen LogP contribution in [0.3, 0.4) is 0 Å². The van der Waals surface area contributed by atoms with Crippen molar-refractivity contribution in [1.29, 1.82) is 0 Å². The Balaban J connectivity index is 2.03. The van der Waals surface area contributed by atoms with Gasteiger partial charge in [-0.05, 0) is 43.5 Å². The molecule has 0 aromatic carbocycles. The van der Waals surface area contributed by atoms with Gasteiger partial charge in [-0.15, -0.1) is 11.3 Å². The van der Waals surface area contributed by atoms with Gasteiger partial charge in [-0.2, -0.15) is 0 Å². The van der Waals surface area contributed by atoms with Crippen molar-refractivity contribution in [2.75, 3.05) is 0 Å². The first kappa shape index (κ1) is 12.4. The van der Waals surface area contributed by atoms with Gasteiger partial charge in [-0.1, -0.05) is 6.92 Å². The van der Waals surface area contributed by atoms with Crippen molar-refractivity contribution in [2.45, 2.75) is 32.1 Å². The normalized spacial score (nSPS) is 14.6. The smallest absolute Gasteiger partial charge is 0.337 e. The van der Waals surface area contributed by atoms with Crippen LogP contribution in [-0.4, -0.2) is 16.1 Å². The highest BCUT2D eigenvalue weighted by atomic mass is 32.1. The lowest BCUT2D eigenvalue weighted by molar-refractivity contribution is 0.0695. The molecule has 98 valence electrons.